The fourth-order valence-electron chi connectivity index (χ4n) is 1.33. The largest absolute Gasteiger partial charge is 0.481 e. The van der Waals surface area contributed by atoms with E-state index >= 15 is 0 Å². The first-order valence-corrected chi connectivity index (χ1v) is 5.11. The van der Waals surface area contributed by atoms with Gasteiger partial charge in [-0.1, -0.05) is 6.92 Å². The second-order valence-corrected chi connectivity index (χ2v) is 4.20. The SMILES string of the molecule is CC(CO)(CNC(=O)c1ccco1)CC(=O)O. The third-order valence-electron chi connectivity index (χ3n) is 2.38. The Bertz CT molecular complexity index is 387. The van der Waals surface area contributed by atoms with Crippen molar-refractivity contribution in [2.24, 2.45) is 5.41 Å². The van der Waals surface area contributed by atoms with Gasteiger partial charge in [0.15, 0.2) is 5.76 Å². The van der Waals surface area contributed by atoms with Crippen LogP contribution in [0.4, 0.5) is 0 Å². The number of carboxylic acid groups (broad SMARTS) is 1. The summed E-state index contributed by atoms with van der Waals surface area (Å²) >= 11 is 0. The van der Waals surface area contributed by atoms with Crippen molar-refractivity contribution in [1.82, 2.24) is 5.32 Å². The zero-order chi connectivity index (χ0) is 12.9. The summed E-state index contributed by atoms with van der Waals surface area (Å²) in [5.74, 6) is -1.30. The van der Waals surface area contributed by atoms with E-state index < -0.39 is 17.3 Å². The molecular weight excluding hydrogens is 226 g/mol. The highest BCUT2D eigenvalue weighted by Gasteiger charge is 2.27. The maximum absolute atomic E-state index is 11.5. The van der Waals surface area contributed by atoms with Crippen molar-refractivity contribution in [2.45, 2.75) is 13.3 Å². The zero-order valence-corrected chi connectivity index (χ0v) is 9.47. The molecule has 0 aliphatic carbocycles. The van der Waals surface area contributed by atoms with Gasteiger partial charge in [0.25, 0.3) is 5.91 Å². The lowest BCUT2D eigenvalue weighted by Crippen LogP contribution is -2.39. The molecule has 1 atom stereocenters. The predicted octanol–water partition coefficient (Wildman–Crippen LogP) is 0.483. The average Bonchev–Trinajstić information content (AvgIpc) is 2.78. The molecule has 6 nitrogen and oxygen atoms in total. The molecule has 1 unspecified atom stereocenters. The summed E-state index contributed by atoms with van der Waals surface area (Å²) in [6.45, 7) is 1.33. The molecule has 94 valence electrons. The van der Waals surface area contributed by atoms with Gasteiger partial charge in [0.1, 0.15) is 0 Å². The van der Waals surface area contributed by atoms with Gasteiger partial charge in [0.05, 0.1) is 19.3 Å². The van der Waals surface area contributed by atoms with Crippen LogP contribution in [0.15, 0.2) is 22.8 Å². The van der Waals surface area contributed by atoms with Gasteiger partial charge in [-0.25, -0.2) is 0 Å². The number of hydrogen-bond donors (Lipinski definition) is 3. The molecule has 0 saturated heterocycles. The number of carbonyl (C=O) groups is 2. The lowest BCUT2D eigenvalue weighted by atomic mass is 9.88. The van der Waals surface area contributed by atoms with Gasteiger partial charge in [0.2, 0.25) is 0 Å². The van der Waals surface area contributed by atoms with E-state index in [1.165, 1.54) is 12.3 Å². The lowest BCUT2D eigenvalue weighted by Gasteiger charge is -2.25. The van der Waals surface area contributed by atoms with Crippen molar-refractivity contribution in [3.63, 3.8) is 0 Å². The number of aliphatic hydroxyl groups excluding tert-OH is 1. The van der Waals surface area contributed by atoms with Crippen molar-refractivity contribution in [3.05, 3.63) is 24.2 Å². The van der Waals surface area contributed by atoms with E-state index in [1.54, 1.807) is 13.0 Å². The Balaban J connectivity index is 2.53. The van der Waals surface area contributed by atoms with E-state index in [0.717, 1.165) is 0 Å². The molecule has 1 rings (SSSR count). The molecule has 0 aromatic carbocycles. The topological polar surface area (TPSA) is 99.8 Å². The van der Waals surface area contributed by atoms with E-state index in [1.807, 2.05) is 0 Å². The molecule has 0 spiro atoms. The molecule has 6 heteroatoms. The molecule has 1 amide bonds. The Morgan fingerprint density at radius 2 is 2.24 bits per heavy atom. The van der Waals surface area contributed by atoms with Crippen LogP contribution in [0.3, 0.4) is 0 Å². The molecule has 1 aromatic rings. The second kappa shape index (κ2) is 5.49. The molecule has 0 bridgehead atoms. The number of rotatable bonds is 6. The normalized spacial score (nSPS) is 14.0. The van der Waals surface area contributed by atoms with E-state index in [-0.39, 0.29) is 25.3 Å². The Kier molecular flexibility index (Phi) is 4.28. The molecule has 1 heterocycles. The predicted molar refractivity (Wildman–Crippen MR) is 58.5 cm³/mol. The minimum Gasteiger partial charge on any atom is -0.481 e. The van der Waals surface area contributed by atoms with Gasteiger partial charge in [0, 0.05) is 12.0 Å². The van der Waals surface area contributed by atoms with Crippen LogP contribution in [-0.4, -0.2) is 35.2 Å². The van der Waals surface area contributed by atoms with Gasteiger partial charge >= 0.3 is 5.97 Å². The van der Waals surface area contributed by atoms with Gasteiger partial charge < -0.3 is 19.9 Å². The number of aliphatic hydroxyl groups is 1. The highest BCUT2D eigenvalue weighted by Crippen LogP contribution is 2.19. The third-order valence-corrected chi connectivity index (χ3v) is 2.38. The molecule has 0 aliphatic heterocycles. The Morgan fingerprint density at radius 1 is 1.53 bits per heavy atom. The van der Waals surface area contributed by atoms with Crippen LogP contribution in [-0.2, 0) is 4.79 Å². The average molecular weight is 241 g/mol. The van der Waals surface area contributed by atoms with E-state index in [9.17, 15) is 9.59 Å². The van der Waals surface area contributed by atoms with E-state index in [2.05, 4.69) is 5.32 Å². The zero-order valence-electron chi connectivity index (χ0n) is 9.47. The fourth-order valence-corrected chi connectivity index (χ4v) is 1.33. The van der Waals surface area contributed by atoms with Crippen molar-refractivity contribution >= 4 is 11.9 Å². The van der Waals surface area contributed by atoms with Crippen LogP contribution in [0.5, 0.6) is 0 Å². The number of nitrogens with one attached hydrogen (secondary N) is 1. The van der Waals surface area contributed by atoms with E-state index in [4.69, 9.17) is 14.6 Å². The number of amides is 1. The maximum Gasteiger partial charge on any atom is 0.304 e. The second-order valence-electron chi connectivity index (χ2n) is 4.20. The first-order valence-electron chi connectivity index (χ1n) is 5.11. The standard InChI is InChI=1S/C11H15NO5/c1-11(7-13,5-9(14)15)6-12-10(16)8-3-2-4-17-8/h2-4,13H,5-7H2,1H3,(H,12,16)(H,14,15). The van der Waals surface area contributed by atoms with Gasteiger partial charge in [-0.2, -0.15) is 0 Å². The molecule has 0 fully saturated rings. The minimum atomic E-state index is -1.02. The van der Waals surface area contributed by atoms with E-state index in [0.29, 0.717) is 0 Å². The molecule has 0 aliphatic rings. The minimum absolute atomic E-state index is 0.0648. The summed E-state index contributed by atoms with van der Waals surface area (Å²) in [7, 11) is 0. The van der Waals surface area contributed by atoms with Crippen LogP contribution in [0.2, 0.25) is 0 Å². The van der Waals surface area contributed by atoms with Crippen molar-refractivity contribution in [2.75, 3.05) is 13.2 Å². The third kappa shape index (κ3) is 3.92. The summed E-state index contributed by atoms with van der Waals surface area (Å²) in [6.07, 6.45) is 1.15. The van der Waals surface area contributed by atoms with Crippen LogP contribution in [0, 0.1) is 5.41 Å². The van der Waals surface area contributed by atoms with Gasteiger partial charge in [-0.3, -0.25) is 9.59 Å². The Hall–Kier alpha value is -1.82. The lowest BCUT2D eigenvalue weighted by molar-refractivity contribution is -0.140. The molecule has 1 aromatic heterocycles. The number of carbonyl (C=O) groups excluding carboxylic acids is 1. The van der Waals surface area contributed by atoms with Gasteiger partial charge in [-0.05, 0) is 12.1 Å². The van der Waals surface area contributed by atoms with Crippen LogP contribution < -0.4 is 5.32 Å². The maximum atomic E-state index is 11.5. The summed E-state index contributed by atoms with van der Waals surface area (Å²) in [4.78, 5) is 22.1. The van der Waals surface area contributed by atoms with Crippen molar-refractivity contribution < 1.29 is 24.2 Å². The van der Waals surface area contributed by atoms with Crippen LogP contribution in [0.1, 0.15) is 23.9 Å². The quantitative estimate of drug-likeness (QED) is 0.672. The number of hydrogen-bond acceptors (Lipinski definition) is 4. The molecule has 17 heavy (non-hydrogen) atoms. The molecular formula is C11H15NO5. The molecule has 0 radical (unpaired) electrons. The molecule has 3 N–H and O–H groups in total. The number of aliphatic carboxylic acids is 1. The number of furan rings is 1. The number of carboxylic acids is 1. The van der Waals surface area contributed by atoms with Crippen molar-refractivity contribution in [3.8, 4) is 0 Å². The summed E-state index contributed by atoms with van der Waals surface area (Å²) in [6, 6.07) is 3.08. The highest BCUT2D eigenvalue weighted by atomic mass is 16.4. The van der Waals surface area contributed by atoms with Crippen molar-refractivity contribution in [1.29, 1.82) is 0 Å². The Morgan fingerprint density at radius 3 is 2.71 bits per heavy atom. The monoisotopic (exact) mass is 241 g/mol. The molecule has 0 saturated carbocycles. The van der Waals surface area contributed by atoms with Gasteiger partial charge in [-0.15, -0.1) is 0 Å². The summed E-state index contributed by atoms with van der Waals surface area (Å²) in [5.41, 5.74) is -0.881. The smallest absolute Gasteiger partial charge is 0.304 e. The Labute approximate surface area is 98.2 Å². The summed E-state index contributed by atoms with van der Waals surface area (Å²) < 4.78 is 4.88. The summed E-state index contributed by atoms with van der Waals surface area (Å²) in [5, 5.41) is 20.4. The van der Waals surface area contributed by atoms with Crippen LogP contribution in [0.25, 0.3) is 0 Å². The highest BCUT2D eigenvalue weighted by molar-refractivity contribution is 5.91. The fraction of sp³-hybridized carbons (Fsp3) is 0.455. The first-order chi connectivity index (χ1) is 7.97. The van der Waals surface area contributed by atoms with Crippen LogP contribution >= 0.6 is 0 Å². The first kappa shape index (κ1) is 13.2.